The van der Waals surface area contributed by atoms with Crippen LogP contribution in [-0.2, 0) is 4.74 Å². The Kier molecular flexibility index (Phi) is 5.94. The largest absolute Gasteiger partial charge is 0.378 e. The molecule has 2 aromatic heterocycles. The Hall–Kier alpha value is -4.24. The van der Waals surface area contributed by atoms with Crippen molar-refractivity contribution >= 4 is 28.9 Å². The standard InChI is InChI=1S/C24H23N7O2/c32-23(22-25-11-12-26-22)28-18-3-1-17(2-4-18)21-9-10-27-24(30-21)29-19-5-7-20(8-6-19)31-13-15-33-16-14-31/h1-12H,13-16H2,(H,25,26)(H,28,32)(H,27,29,30). The van der Waals surface area contributed by atoms with Crippen molar-refractivity contribution in [3.8, 4) is 11.3 Å². The van der Waals surface area contributed by atoms with Crippen LogP contribution < -0.4 is 15.5 Å². The predicted octanol–water partition coefficient (Wildman–Crippen LogP) is 3.70. The molecule has 0 saturated carbocycles. The zero-order valence-electron chi connectivity index (χ0n) is 17.9. The van der Waals surface area contributed by atoms with Crippen LogP contribution in [0, 0.1) is 0 Å². The van der Waals surface area contributed by atoms with Gasteiger partial charge in [-0.2, -0.15) is 0 Å². The number of aromatic amines is 1. The van der Waals surface area contributed by atoms with Crippen molar-refractivity contribution in [3.05, 3.63) is 79.0 Å². The van der Waals surface area contributed by atoms with E-state index >= 15 is 0 Å². The Morgan fingerprint density at radius 1 is 0.909 bits per heavy atom. The summed E-state index contributed by atoms with van der Waals surface area (Å²) in [5.41, 5.74) is 4.46. The van der Waals surface area contributed by atoms with E-state index in [-0.39, 0.29) is 11.7 Å². The average Bonchev–Trinajstić information content (AvgIpc) is 3.41. The van der Waals surface area contributed by atoms with E-state index in [1.807, 2.05) is 42.5 Å². The molecule has 33 heavy (non-hydrogen) atoms. The van der Waals surface area contributed by atoms with E-state index in [0.29, 0.717) is 11.6 Å². The Bertz CT molecular complexity index is 1200. The van der Waals surface area contributed by atoms with E-state index in [9.17, 15) is 4.79 Å². The number of hydrogen-bond donors (Lipinski definition) is 3. The van der Waals surface area contributed by atoms with Gasteiger partial charge in [0.15, 0.2) is 5.82 Å². The average molecular weight is 441 g/mol. The van der Waals surface area contributed by atoms with E-state index in [1.165, 1.54) is 11.9 Å². The van der Waals surface area contributed by atoms with Crippen LogP contribution in [-0.4, -0.2) is 52.1 Å². The van der Waals surface area contributed by atoms with Crippen molar-refractivity contribution in [2.75, 3.05) is 41.8 Å². The molecule has 1 saturated heterocycles. The van der Waals surface area contributed by atoms with E-state index in [4.69, 9.17) is 4.74 Å². The molecule has 3 N–H and O–H groups in total. The first-order chi connectivity index (χ1) is 16.2. The molecule has 1 amide bonds. The maximum absolute atomic E-state index is 12.1. The molecular formula is C24H23N7O2. The molecule has 0 bridgehead atoms. The number of imidazole rings is 1. The third-order valence-corrected chi connectivity index (χ3v) is 5.31. The fourth-order valence-corrected chi connectivity index (χ4v) is 3.59. The zero-order valence-corrected chi connectivity index (χ0v) is 17.9. The minimum atomic E-state index is -0.291. The third-order valence-electron chi connectivity index (χ3n) is 5.31. The molecule has 0 unspecified atom stereocenters. The topological polar surface area (TPSA) is 108 Å². The molecule has 0 atom stereocenters. The molecule has 0 aliphatic carbocycles. The summed E-state index contributed by atoms with van der Waals surface area (Å²) < 4.78 is 5.42. The van der Waals surface area contributed by atoms with Gasteiger partial charge < -0.3 is 25.3 Å². The number of H-pyrrole nitrogens is 1. The Morgan fingerprint density at radius 2 is 1.67 bits per heavy atom. The number of anilines is 4. The summed E-state index contributed by atoms with van der Waals surface area (Å²) in [6.45, 7) is 3.34. The van der Waals surface area contributed by atoms with E-state index < -0.39 is 0 Å². The van der Waals surface area contributed by atoms with Crippen LogP contribution in [0.25, 0.3) is 11.3 Å². The highest BCUT2D eigenvalue weighted by Gasteiger charge is 2.11. The van der Waals surface area contributed by atoms with Crippen LogP contribution in [0.4, 0.5) is 23.0 Å². The summed E-state index contributed by atoms with van der Waals surface area (Å²) in [6, 6.07) is 17.5. The Labute approximate surface area is 190 Å². The second-order valence-corrected chi connectivity index (χ2v) is 7.51. The number of rotatable bonds is 6. The minimum Gasteiger partial charge on any atom is -0.378 e. The first-order valence-electron chi connectivity index (χ1n) is 10.7. The lowest BCUT2D eigenvalue weighted by atomic mass is 10.1. The maximum Gasteiger partial charge on any atom is 0.291 e. The summed E-state index contributed by atoms with van der Waals surface area (Å²) in [4.78, 5) is 30.1. The summed E-state index contributed by atoms with van der Waals surface area (Å²) in [5.74, 6) is 0.492. The van der Waals surface area contributed by atoms with Crippen molar-refractivity contribution in [2.24, 2.45) is 0 Å². The van der Waals surface area contributed by atoms with Gasteiger partial charge in [-0.1, -0.05) is 12.1 Å². The summed E-state index contributed by atoms with van der Waals surface area (Å²) >= 11 is 0. The highest BCUT2D eigenvalue weighted by atomic mass is 16.5. The van der Waals surface area contributed by atoms with Crippen molar-refractivity contribution < 1.29 is 9.53 Å². The SMILES string of the molecule is O=C(Nc1ccc(-c2ccnc(Nc3ccc(N4CCOCC4)cc3)n2)cc1)c1ncc[nH]1. The molecule has 3 heterocycles. The predicted molar refractivity (Wildman–Crippen MR) is 127 cm³/mol. The number of benzene rings is 2. The van der Waals surface area contributed by atoms with Gasteiger partial charge in [0.1, 0.15) is 0 Å². The number of amides is 1. The van der Waals surface area contributed by atoms with Crippen LogP contribution in [0.2, 0.25) is 0 Å². The number of hydrogen-bond acceptors (Lipinski definition) is 7. The number of morpholine rings is 1. The van der Waals surface area contributed by atoms with Crippen molar-refractivity contribution in [2.45, 2.75) is 0 Å². The molecule has 4 aromatic rings. The summed E-state index contributed by atoms with van der Waals surface area (Å²) in [5, 5.41) is 6.07. The lowest BCUT2D eigenvalue weighted by Crippen LogP contribution is -2.36. The molecule has 1 fully saturated rings. The van der Waals surface area contributed by atoms with E-state index in [0.717, 1.165) is 43.2 Å². The van der Waals surface area contributed by atoms with Gasteiger partial charge in [0.25, 0.3) is 5.91 Å². The van der Waals surface area contributed by atoms with Gasteiger partial charge >= 0.3 is 0 Å². The second-order valence-electron chi connectivity index (χ2n) is 7.51. The van der Waals surface area contributed by atoms with E-state index in [1.54, 1.807) is 12.4 Å². The van der Waals surface area contributed by atoms with Crippen LogP contribution in [0.3, 0.4) is 0 Å². The number of aromatic nitrogens is 4. The Morgan fingerprint density at radius 3 is 2.39 bits per heavy atom. The van der Waals surface area contributed by atoms with Crippen LogP contribution in [0.1, 0.15) is 10.6 Å². The molecule has 1 aliphatic heterocycles. The lowest BCUT2D eigenvalue weighted by molar-refractivity contribution is 0.101. The molecule has 166 valence electrons. The molecule has 5 rings (SSSR count). The quantitative estimate of drug-likeness (QED) is 0.419. The van der Waals surface area contributed by atoms with Crippen LogP contribution >= 0.6 is 0 Å². The molecule has 0 radical (unpaired) electrons. The minimum absolute atomic E-state index is 0.267. The van der Waals surface area contributed by atoms with Gasteiger partial charge in [-0.05, 0) is 42.5 Å². The monoisotopic (exact) mass is 441 g/mol. The van der Waals surface area contributed by atoms with Gasteiger partial charge in [0, 0.05) is 54.3 Å². The number of nitrogens with one attached hydrogen (secondary N) is 3. The smallest absolute Gasteiger partial charge is 0.291 e. The normalized spacial score (nSPS) is 13.5. The van der Waals surface area contributed by atoms with Gasteiger partial charge in [0.2, 0.25) is 5.95 Å². The highest BCUT2D eigenvalue weighted by molar-refractivity contribution is 6.01. The number of carbonyl (C=O) groups is 1. The van der Waals surface area contributed by atoms with Crippen LogP contribution in [0.5, 0.6) is 0 Å². The molecule has 9 heteroatoms. The molecule has 0 spiro atoms. The van der Waals surface area contributed by atoms with Gasteiger partial charge in [-0.15, -0.1) is 0 Å². The van der Waals surface area contributed by atoms with Gasteiger partial charge in [-0.25, -0.2) is 15.0 Å². The van der Waals surface area contributed by atoms with Crippen molar-refractivity contribution in [3.63, 3.8) is 0 Å². The van der Waals surface area contributed by atoms with Gasteiger partial charge in [-0.3, -0.25) is 4.79 Å². The number of carbonyl (C=O) groups excluding carboxylic acids is 1. The van der Waals surface area contributed by atoms with Crippen molar-refractivity contribution in [1.82, 2.24) is 19.9 Å². The second kappa shape index (κ2) is 9.49. The van der Waals surface area contributed by atoms with E-state index in [2.05, 4.69) is 47.6 Å². The Balaban J connectivity index is 1.24. The molecular weight excluding hydrogens is 418 g/mol. The fourth-order valence-electron chi connectivity index (χ4n) is 3.59. The van der Waals surface area contributed by atoms with Crippen molar-refractivity contribution in [1.29, 1.82) is 0 Å². The summed E-state index contributed by atoms with van der Waals surface area (Å²) in [6.07, 6.45) is 4.87. The molecule has 1 aliphatic rings. The number of nitrogens with zero attached hydrogens (tertiary/aromatic N) is 4. The number of ether oxygens (including phenoxy) is 1. The first-order valence-corrected chi connectivity index (χ1v) is 10.7. The lowest BCUT2D eigenvalue weighted by Gasteiger charge is -2.28. The summed E-state index contributed by atoms with van der Waals surface area (Å²) in [7, 11) is 0. The van der Waals surface area contributed by atoms with Crippen LogP contribution in [0.15, 0.2) is 73.2 Å². The third kappa shape index (κ3) is 4.99. The molecule has 9 nitrogen and oxygen atoms in total. The van der Waals surface area contributed by atoms with Gasteiger partial charge in [0.05, 0.1) is 18.9 Å². The zero-order chi connectivity index (χ0) is 22.5. The highest BCUT2D eigenvalue weighted by Crippen LogP contribution is 2.23. The maximum atomic E-state index is 12.1. The first kappa shape index (κ1) is 20.7. The molecule has 2 aromatic carbocycles. The fraction of sp³-hybridized carbons (Fsp3) is 0.167.